The molecule has 1 heterocycles. The standard InChI is InChI=1S/C16H10BrFO2/c17-12-5-1-3-10(7-12)8-14(19)15-9-11-4-2-6-13(18)16(11)20-15/h1-7,9H,8H2. The summed E-state index contributed by atoms with van der Waals surface area (Å²) in [6.45, 7) is 0. The molecule has 0 amide bonds. The van der Waals surface area contributed by atoms with Crippen LogP contribution in [0.2, 0.25) is 0 Å². The summed E-state index contributed by atoms with van der Waals surface area (Å²) in [5.41, 5.74) is 1.01. The first-order valence-electron chi connectivity index (χ1n) is 6.09. The van der Waals surface area contributed by atoms with Gasteiger partial charge in [0.2, 0.25) is 5.78 Å². The van der Waals surface area contributed by atoms with Gasteiger partial charge in [-0.25, -0.2) is 4.39 Å². The van der Waals surface area contributed by atoms with E-state index in [1.807, 2.05) is 24.3 Å². The van der Waals surface area contributed by atoms with Gasteiger partial charge in [-0.2, -0.15) is 0 Å². The van der Waals surface area contributed by atoms with Crippen LogP contribution in [0.3, 0.4) is 0 Å². The molecule has 0 unspecified atom stereocenters. The van der Waals surface area contributed by atoms with Crippen LogP contribution in [0, 0.1) is 5.82 Å². The number of rotatable bonds is 3. The fourth-order valence-electron chi connectivity index (χ4n) is 2.08. The summed E-state index contributed by atoms with van der Waals surface area (Å²) in [5.74, 6) is -0.437. The van der Waals surface area contributed by atoms with Crippen LogP contribution in [0.5, 0.6) is 0 Å². The molecule has 0 N–H and O–H groups in total. The van der Waals surface area contributed by atoms with Crippen molar-refractivity contribution in [2.45, 2.75) is 6.42 Å². The third-order valence-corrected chi connectivity index (χ3v) is 3.52. The normalized spacial score (nSPS) is 10.9. The summed E-state index contributed by atoms with van der Waals surface area (Å²) in [6, 6.07) is 13.7. The van der Waals surface area contributed by atoms with Gasteiger partial charge in [0.1, 0.15) is 0 Å². The van der Waals surface area contributed by atoms with Crippen molar-refractivity contribution < 1.29 is 13.6 Å². The van der Waals surface area contributed by atoms with E-state index in [2.05, 4.69) is 15.9 Å². The Morgan fingerprint density at radius 1 is 1.15 bits per heavy atom. The lowest BCUT2D eigenvalue weighted by Crippen LogP contribution is -2.01. The van der Waals surface area contributed by atoms with Gasteiger partial charge >= 0.3 is 0 Å². The number of hydrogen-bond acceptors (Lipinski definition) is 2. The maximum atomic E-state index is 13.5. The highest BCUT2D eigenvalue weighted by Gasteiger charge is 2.15. The predicted molar refractivity (Wildman–Crippen MR) is 78.3 cm³/mol. The third kappa shape index (κ3) is 2.51. The van der Waals surface area contributed by atoms with Gasteiger partial charge in [-0.1, -0.05) is 40.2 Å². The van der Waals surface area contributed by atoms with Crippen LogP contribution in [-0.4, -0.2) is 5.78 Å². The minimum absolute atomic E-state index is 0.130. The minimum atomic E-state index is -0.455. The lowest BCUT2D eigenvalue weighted by molar-refractivity contribution is 0.0968. The first kappa shape index (κ1) is 13.1. The Hall–Kier alpha value is -1.94. The van der Waals surface area contributed by atoms with E-state index in [1.165, 1.54) is 6.07 Å². The van der Waals surface area contributed by atoms with Gasteiger partial charge in [-0.15, -0.1) is 0 Å². The summed E-state index contributed by atoms with van der Waals surface area (Å²) >= 11 is 3.36. The average molecular weight is 333 g/mol. The quantitative estimate of drug-likeness (QED) is 0.647. The van der Waals surface area contributed by atoms with Crippen molar-refractivity contribution in [3.8, 4) is 0 Å². The first-order chi connectivity index (χ1) is 9.63. The summed E-state index contributed by atoms with van der Waals surface area (Å²) in [5, 5.41) is 0.600. The van der Waals surface area contributed by atoms with Gasteiger partial charge in [-0.05, 0) is 29.8 Å². The molecule has 0 spiro atoms. The molecule has 0 aliphatic heterocycles. The maximum Gasteiger partial charge on any atom is 0.202 e. The molecule has 20 heavy (non-hydrogen) atoms. The number of carbonyl (C=O) groups is 1. The van der Waals surface area contributed by atoms with E-state index in [-0.39, 0.29) is 23.5 Å². The molecular weight excluding hydrogens is 323 g/mol. The molecule has 0 radical (unpaired) electrons. The third-order valence-electron chi connectivity index (χ3n) is 3.02. The number of Topliss-reactive ketones (excluding diaryl/α,β-unsaturated/α-hetero) is 1. The zero-order valence-corrected chi connectivity index (χ0v) is 12.0. The van der Waals surface area contributed by atoms with Gasteiger partial charge in [0.05, 0.1) is 0 Å². The summed E-state index contributed by atoms with van der Waals surface area (Å²) in [7, 11) is 0. The van der Waals surface area contributed by atoms with Gasteiger partial charge in [0, 0.05) is 16.3 Å². The second kappa shape index (κ2) is 5.21. The summed E-state index contributed by atoms with van der Waals surface area (Å²) < 4.78 is 19.8. The van der Waals surface area contributed by atoms with Crippen molar-refractivity contribution in [1.82, 2.24) is 0 Å². The van der Waals surface area contributed by atoms with E-state index < -0.39 is 5.82 Å². The summed E-state index contributed by atoms with van der Waals surface area (Å²) in [6.07, 6.45) is 0.223. The van der Waals surface area contributed by atoms with Crippen LogP contribution in [-0.2, 0) is 6.42 Å². The molecular formula is C16H10BrFO2. The molecule has 2 aromatic carbocycles. The van der Waals surface area contributed by atoms with Crippen molar-refractivity contribution in [3.63, 3.8) is 0 Å². The number of hydrogen-bond donors (Lipinski definition) is 0. The molecule has 0 atom stereocenters. The van der Waals surface area contributed by atoms with Gasteiger partial charge in [0.15, 0.2) is 17.2 Å². The van der Waals surface area contributed by atoms with E-state index in [1.54, 1.807) is 18.2 Å². The number of furan rings is 1. The number of halogens is 2. The van der Waals surface area contributed by atoms with Crippen LogP contribution < -0.4 is 0 Å². The molecule has 3 rings (SSSR count). The highest BCUT2D eigenvalue weighted by molar-refractivity contribution is 9.10. The molecule has 100 valence electrons. The van der Waals surface area contributed by atoms with Crippen LogP contribution in [0.1, 0.15) is 16.1 Å². The molecule has 0 saturated heterocycles. The number of benzene rings is 2. The molecule has 0 aliphatic carbocycles. The Morgan fingerprint density at radius 3 is 2.70 bits per heavy atom. The van der Waals surface area contributed by atoms with E-state index in [9.17, 15) is 9.18 Å². The van der Waals surface area contributed by atoms with Crippen molar-refractivity contribution in [2.24, 2.45) is 0 Å². The van der Waals surface area contributed by atoms with E-state index in [0.29, 0.717) is 5.39 Å². The smallest absolute Gasteiger partial charge is 0.202 e. The Balaban J connectivity index is 1.91. The van der Waals surface area contributed by atoms with E-state index >= 15 is 0 Å². The molecule has 0 saturated carbocycles. The average Bonchev–Trinajstić information content (AvgIpc) is 2.84. The minimum Gasteiger partial charge on any atom is -0.450 e. The van der Waals surface area contributed by atoms with Crippen LogP contribution in [0.15, 0.2) is 57.4 Å². The zero-order valence-electron chi connectivity index (χ0n) is 10.4. The van der Waals surface area contributed by atoms with Gasteiger partial charge < -0.3 is 4.42 Å². The lowest BCUT2D eigenvalue weighted by Gasteiger charge is -1.99. The highest BCUT2D eigenvalue weighted by Crippen LogP contribution is 2.23. The highest BCUT2D eigenvalue weighted by atomic mass is 79.9. The Bertz CT molecular complexity index is 792. The Kier molecular flexibility index (Phi) is 3.40. The fraction of sp³-hybridized carbons (Fsp3) is 0.0625. The number of para-hydroxylation sites is 1. The maximum absolute atomic E-state index is 13.5. The molecule has 0 fully saturated rings. The van der Waals surface area contributed by atoms with Crippen LogP contribution >= 0.6 is 15.9 Å². The largest absolute Gasteiger partial charge is 0.450 e. The van der Waals surface area contributed by atoms with Crippen molar-refractivity contribution >= 4 is 32.7 Å². The number of fused-ring (bicyclic) bond motifs is 1. The number of ketones is 1. The van der Waals surface area contributed by atoms with Crippen molar-refractivity contribution in [3.05, 3.63) is 70.1 Å². The first-order valence-corrected chi connectivity index (χ1v) is 6.88. The Labute approximate surface area is 123 Å². The summed E-state index contributed by atoms with van der Waals surface area (Å²) in [4.78, 5) is 12.2. The van der Waals surface area contributed by atoms with Gasteiger partial charge in [0.25, 0.3) is 0 Å². The fourth-order valence-corrected chi connectivity index (χ4v) is 2.53. The number of carbonyl (C=O) groups excluding carboxylic acids is 1. The SMILES string of the molecule is O=C(Cc1cccc(Br)c1)c1cc2cccc(F)c2o1. The van der Waals surface area contributed by atoms with Gasteiger partial charge in [-0.3, -0.25) is 4.79 Å². The van der Waals surface area contributed by atoms with E-state index in [0.717, 1.165) is 10.0 Å². The molecule has 4 heteroatoms. The predicted octanol–water partition coefficient (Wildman–Crippen LogP) is 4.76. The molecule has 0 aliphatic rings. The Morgan fingerprint density at radius 2 is 1.95 bits per heavy atom. The zero-order chi connectivity index (χ0) is 14.1. The van der Waals surface area contributed by atoms with Crippen molar-refractivity contribution in [1.29, 1.82) is 0 Å². The molecule has 1 aromatic heterocycles. The van der Waals surface area contributed by atoms with E-state index in [4.69, 9.17) is 4.42 Å². The lowest BCUT2D eigenvalue weighted by atomic mass is 10.1. The molecule has 3 aromatic rings. The monoisotopic (exact) mass is 332 g/mol. The van der Waals surface area contributed by atoms with Crippen LogP contribution in [0.25, 0.3) is 11.0 Å². The second-order valence-corrected chi connectivity index (χ2v) is 5.41. The molecule has 2 nitrogen and oxygen atoms in total. The van der Waals surface area contributed by atoms with Crippen LogP contribution in [0.4, 0.5) is 4.39 Å². The topological polar surface area (TPSA) is 30.2 Å². The van der Waals surface area contributed by atoms with Crippen molar-refractivity contribution in [2.75, 3.05) is 0 Å². The molecule has 0 bridgehead atoms. The second-order valence-electron chi connectivity index (χ2n) is 4.50.